The van der Waals surface area contributed by atoms with Crippen molar-refractivity contribution < 1.29 is 8.78 Å². The van der Waals surface area contributed by atoms with Crippen LogP contribution in [0, 0.1) is 11.6 Å². The maximum Gasteiger partial charge on any atom is 0.201 e. The molecule has 5 heteroatoms. The zero-order valence-electron chi connectivity index (χ0n) is 10.8. The van der Waals surface area contributed by atoms with E-state index in [2.05, 4.69) is 4.98 Å². The van der Waals surface area contributed by atoms with Crippen molar-refractivity contribution in [3.8, 4) is 0 Å². The molecule has 1 atom stereocenters. The number of imidazole rings is 1. The van der Waals surface area contributed by atoms with Gasteiger partial charge in [-0.1, -0.05) is 18.2 Å². The summed E-state index contributed by atoms with van der Waals surface area (Å²) in [7, 11) is 0. The number of fused-ring (bicyclic) bond motifs is 1. The van der Waals surface area contributed by atoms with Crippen molar-refractivity contribution in [3.63, 3.8) is 0 Å². The van der Waals surface area contributed by atoms with E-state index < -0.39 is 5.82 Å². The summed E-state index contributed by atoms with van der Waals surface area (Å²) in [5.74, 6) is -0.523. The number of anilines is 1. The summed E-state index contributed by atoms with van der Waals surface area (Å²) in [5.41, 5.74) is 7.47. The zero-order valence-corrected chi connectivity index (χ0v) is 10.8. The van der Waals surface area contributed by atoms with Crippen LogP contribution in [0.25, 0.3) is 11.0 Å². The van der Waals surface area contributed by atoms with Gasteiger partial charge in [-0.3, -0.25) is 0 Å². The van der Waals surface area contributed by atoms with E-state index in [-0.39, 0.29) is 23.3 Å². The van der Waals surface area contributed by atoms with E-state index in [4.69, 9.17) is 5.73 Å². The monoisotopic (exact) mass is 273 g/mol. The van der Waals surface area contributed by atoms with Crippen LogP contribution in [0.2, 0.25) is 0 Å². The summed E-state index contributed by atoms with van der Waals surface area (Å²) in [6, 6.07) is 10.7. The molecule has 0 bridgehead atoms. The normalized spacial score (nSPS) is 12.8. The molecule has 1 unspecified atom stereocenters. The van der Waals surface area contributed by atoms with Gasteiger partial charge in [0.1, 0.15) is 11.3 Å². The highest BCUT2D eigenvalue weighted by atomic mass is 19.1. The van der Waals surface area contributed by atoms with Gasteiger partial charge in [-0.05, 0) is 36.8 Å². The van der Waals surface area contributed by atoms with Gasteiger partial charge >= 0.3 is 0 Å². The number of nitrogen functional groups attached to an aromatic ring is 1. The molecule has 0 aliphatic rings. The van der Waals surface area contributed by atoms with E-state index in [1.54, 1.807) is 28.8 Å². The average molecular weight is 273 g/mol. The number of nitrogens with zero attached hydrogens (tertiary/aromatic N) is 2. The molecule has 0 aliphatic heterocycles. The molecule has 0 saturated heterocycles. The summed E-state index contributed by atoms with van der Waals surface area (Å²) >= 11 is 0. The zero-order chi connectivity index (χ0) is 14.3. The molecule has 2 aromatic carbocycles. The minimum absolute atomic E-state index is 0.210. The highest BCUT2D eigenvalue weighted by Crippen LogP contribution is 2.28. The lowest BCUT2D eigenvalue weighted by atomic mass is 10.1. The van der Waals surface area contributed by atoms with Crippen LogP contribution in [0.3, 0.4) is 0 Å². The largest absolute Gasteiger partial charge is 0.369 e. The minimum atomic E-state index is -0.417. The van der Waals surface area contributed by atoms with Crippen LogP contribution in [0.1, 0.15) is 18.5 Å². The van der Waals surface area contributed by atoms with E-state index in [1.807, 2.05) is 6.92 Å². The van der Waals surface area contributed by atoms with E-state index >= 15 is 0 Å². The van der Waals surface area contributed by atoms with Gasteiger partial charge in [0.15, 0.2) is 5.82 Å². The molecule has 1 aromatic heterocycles. The van der Waals surface area contributed by atoms with Gasteiger partial charge in [0.05, 0.1) is 11.6 Å². The second-order valence-electron chi connectivity index (χ2n) is 4.68. The Morgan fingerprint density at radius 3 is 2.65 bits per heavy atom. The van der Waals surface area contributed by atoms with Crippen LogP contribution in [0.4, 0.5) is 14.7 Å². The van der Waals surface area contributed by atoms with Crippen molar-refractivity contribution in [2.45, 2.75) is 13.0 Å². The summed E-state index contributed by atoms with van der Waals surface area (Å²) in [4.78, 5) is 4.05. The Balaban J connectivity index is 2.19. The van der Waals surface area contributed by atoms with Gasteiger partial charge in [-0.2, -0.15) is 0 Å². The highest BCUT2D eigenvalue weighted by molar-refractivity contribution is 5.79. The number of hydrogen-bond donors (Lipinski definition) is 1. The molecule has 3 nitrogen and oxygen atoms in total. The first-order chi connectivity index (χ1) is 9.58. The molecule has 0 saturated carbocycles. The molecule has 0 spiro atoms. The Morgan fingerprint density at radius 2 is 1.90 bits per heavy atom. The fourth-order valence-corrected chi connectivity index (χ4v) is 2.42. The first-order valence-corrected chi connectivity index (χ1v) is 6.25. The molecule has 102 valence electrons. The van der Waals surface area contributed by atoms with E-state index in [9.17, 15) is 8.78 Å². The van der Waals surface area contributed by atoms with E-state index in [0.29, 0.717) is 5.52 Å². The van der Waals surface area contributed by atoms with Crippen molar-refractivity contribution >= 4 is 17.0 Å². The van der Waals surface area contributed by atoms with Crippen LogP contribution < -0.4 is 5.73 Å². The summed E-state index contributed by atoms with van der Waals surface area (Å²) < 4.78 is 28.8. The van der Waals surface area contributed by atoms with E-state index in [1.165, 1.54) is 18.2 Å². The van der Waals surface area contributed by atoms with Crippen molar-refractivity contribution in [3.05, 3.63) is 59.7 Å². The maximum absolute atomic E-state index is 13.7. The number of rotatable bonds is 2. The van der Waals surface area contributed by atoms with Crippen molar-refractivity contribution in [2.24, 2.45) is 0 Å². The molecule has 3 aromatic rings. The topological polar surface area (TPSA) is 43.8 Å². The molecule has 0 amide bonds. The summed E-state index contributed by atoms with van der Waals surface area (Å²) in [6.07, 6.45) is 0. The van der Waals surface area contributed by atoms with Crippen molar-refractivity contribution in [1.82, 2.24) is 9.55 Å². The summed E-state index contributed by atoms with van der Waals surface area (Å²) in [6.45, 7) is 1.87. The molecule has 20 heavy (non-hydrogen) atoms. The predicted molar refractivity (Wildman–Crippen MR) is 74.3 cm³/mol. The number of hydrogen-bond acceptors (Lipinski definition) is 2. The Kier molecular flexibility index (Phi) is 2.89. The molecule has 1 heterocycles. The SMILES string of the molecule is CC(c1cccc(F)c1)n1c(N)nc2c(F)cccc21. The number of aromatic nitrogens is 2. The van der Waals surface area contributed by atoms with Gasteiger partial charge in [0.25, 0.3) is 0 Å². The molecular weight excluding hydrogens is 260 g/mol. The van der Waals surface area contributed by atoms with Gasteiger partial charge in [0, 0.05) is 0 Å². The van der Waals surface area contributed by atoms with Crippen LogP contribution in [0.15, 0.2) is 42.5 Å². The smallest absolute Gasteiger partial charge is 0.201 e. The van der Waals surface area contributed by atoms with Crippen molar-refractivity contribution in [1.29, 1.82) is 0 Å². The van der Waals surface area contributed by atoms with Gasteiger partial charge in [0.2, 0.25) is 5.95 Å². The second kappa shape index (κ2) is 4.59. The lowest BCUT2D eigenvalue weighted by Crippen LogP contribution is -2.10. The fourth-order valence-electron chi connectivity index (χ4n) is 2.42. The van der Waals surface area contributed by atoms with Crippen LogP contribution in [-0.4, -0.2) is 9.55 Å². The van der Waals surface area contributed by atoms with Crippen LogP contribution >= 0.6 is 0 Å². The highest BCUT2D eigenvalue weighted by Gasteiger charge is 2.17. The number of halogens is 2. The maximum atomic E-state index is 13.7. The third kappa shape index (κ3) is 1.91. The quantitative estimate of drug-likeness (QED) is 0.776. The Morgan fingerprint density at radius 1 is 1.15 bits per heavy atom. The molecule has 0 radical (unpaired) electrons. The lowest BCUT2D eigenvalue weighted by Gasteiger charge is -2.16. The Hall–Kier alpha value is -2.43. The second-order valence-corrected chi connectivity index (χ2v) is 4.68. The number of para-hydroxylation sites is 1. The van der Waals surface area contributed by atoms with Gasteiger partial charge in [-0.25, -0.2) is 13.8 Å². The fraction of sp³-hybridized carbons (Fsp3) is 0.133. The van der Waals surface area contributed by atoms with Crippen LogP contribution in [0.5, 0.6) is 0 Å². The molecule has 0 aliphatic carbocycles. The van der Waals surface area contributed by atoms with Crippen LogP contribution in [-0.2, 0) is 0 Å². The standard InChI is InChI=1S/C15H13F2N3/c1-9(10-4-2-5-11(16)8-10)20-13-7-3-6-12(17)14(13)19-15(20)18/h2-9H,1H3,(H2,18,19). The van der Waals surface area contributed by atoms with E-state index in [0.717, 1.165) is 5.56 Å². The van der Waals surface area contributed by atoms with Gasteiger partial charge < -0.3 is 10.3 Å². The molecule has 2 N–H and O–H groups in total. The van der Waals surface area contributed by atoms with Crippen molar-refractivity contribution in [2.75, 3.05) is 5.73 Å². The Bertz CT molecular complexity index is 780. The average Bonchev–Trinajstić information content (AvgIpc) is 2.76. The minimum Gasteiger partial charge on any atom is -0.369 e. The molecule has 3 rings (SSSR count). The number of benzene rings is 2. The first kappa shape index (κ1) is 12.6. The number of nitrogens with two attached hydrogens (primary N) is 1. The molecule has 0 fully saturated rings. The third-order valence-corrected chi connectivity index (χ3v) is 3.42. The predicted octanol–water partition coefficient (Wildman–Crippen LogP) is 3.51. The third-order valence-electron chi connectivity index (χ3n) is 3.42. The summed E-state index contributed by atoms with van der Waals surface area (Å²) in [5, 5.41) is 0. The lowest BCUT2D eigenvalue weighted by molar-refractivity contribution is 0.612. The van der Waals surface area contributed by atoms with Gasteiger partial charge in [-0.15, -0.1) is 0 Å². The Labute approximate surface area is 114 Å². The first-order valence-electron chi connectivity index (χ1n) is 6.25. The molecular formula is C15H13F2N3.